The molecule has 2 rings (SSSR count). The Morgan fingerprint density at radius 1 is 1.35 bits per heavy atom. The summed E-state index contributed by atoms with van der Waals surface area (Å²) in [6.07, 6.45) is 3.99. The first-order valence-electron chi connectivity index (χ1n) is 5.60. The monoisotopic (exact) mass is 231 g/mol. The van der Waals surface area contributed by atoms with E-state index >= 15 is 0 Å². The maximum Gasteiger partial charge on any atom is 0.111 e. The third kappa shape index (κ3) is 2.38. The standard InChI is InChI=1S/C13H17N3O/c1-16-8-7-15-12(16)9-13(17,10-14)11-5-3-2-4-6-11/h2-8,17H,9-10,14H2,1H3. The van der Waals surface area contributed by atoms with Crippen LogP contribution in [0.3, 0.4) is 0 Å². The van der Waals surface area contributed by atoms with Crippen LogP contribution < -0.4 is 5.73 Å². The predicted molar refractivity (Wildman–Crippen MR) is 66.3 cm³/mol. The highest BCUT2D eigenvalue weighted by molar-refractivity contribution is 5.24. The van der Waals surface area contributed by atoms with Crippen molar-refractivity contribution in [1.82, 2.24) is 9.55 Å². The topological polar surface area (TPSA) is 64.1 Å². The minimum Gasteiger partial charge on any atom is -0.383 e. The lowest BCUT2D eigenvalue weighted by molar-refractivity contribution is 0.0435. The second-order valence-electron chi connectivity index (χ2n) is 4.23. The van der Waals surface area contributed by atoms with Gasteiger partial charge in [-0.25, -0.2) is 4.98 Å². The Morgan fingerprint density at radius 3 is 2.59 bits per heavy atom. The third-order valence-corrected chi connectivity index (χ3v) is 3.02. The van der Waals surface area contributed by atoms with Gasteiger partial charge in [-0.1, -0.05) is 30.3 Å². The normalized spacial score (nSPS) is 14.5. The highest BCUT2D eigenvalue weighted by Crippen LogP contribution is 2.23. The summed E-state index contributed by atoms with van der Waals surface area (Å²) in [5.74, 6) is 0.821. The summed E-state index contributed by atoms with van der Waals surface area (Å²) >= 11 is 0. The van der Waals surface area contributed by atoms with Crippen molar-refractivity contribution in [2.75, 3.05) is 6.54 Å². The summed E-state index contributed by atoms with van der Waals surface area (Å²) < 4.78 is 1.89. The van der Waals surface area contributed by atoms with Crippen LogP contribution >= 0.6 is 0 Å². The molecule has 1 unspecified atom stereocenters. The molecule has 1 aromatic carbocycles. The third-order valence-electron chi connectivity index (χ3n) is 3.02. The van der Waals surface area contributed by atoms with Gasteiger partial charge in [0.2, 0.25) is 0 Å². The number of aromatic nitrogens is 2. The second-order valence-corrected chi connectivity index (χ2v) is 4.23. The van der Waals surface area contributed by atoms with Crippen molar-refractivity contribution in [3.8, 4) is 0 Å². The largest absolute Gasteiger partial charge is 0.383 e. The van der Waals surface area contributed by atoms with Gasteiger partial charge in [-0.05, 0) is 5.56 Å². The van der Waals surface area contributed by atoms with Crippen molar-refractivity contribution < 1.29 is 5.11 Å². The molecule has 2 aromatic rings. The average Bonchev–Trinajstić information content (AvgIpc) is 2.76. The molecule has 0 fully saturated rings. The van der Waals surface area contributed by atoms with Gasteiger partial charge in [-0.15, -0.1) is 0 Å². The minimum absolute atomic E-state index is 0.171. The van der Waals surface area contributed by atoms with Crippen molar-refractivity contribution in [3.63, 3.8) is 0 Å². The van der Waals surface area contributed by atoms with Crippen LogP contribution in [0.4, 0.5) is 0 Å². The van der Waals surface area contributed by atoms with Crippen LogP contribution in [0.15, 0.2) is 42.7 Å². The van der Waals surface area contributed by atoms with Crippen molar-refractivity contribution >= 4 is 0 Å². The van der Waals surface area contributed by atoms with Crippen molar-refractivity contribution in [2.24, 2.45) is 12.8 Å². The molecule has 0 amide bonds. The number of benzene rings is 1. The maximum absolute atomic E-state index is 10.6. The fourth-order valence-corrected chi connectivity index (χ4v) is 1.87. The lowest BCUT2D eigenvalue weighted by Crippen LogP contribution is -2.37. The summed E-state index contributed by atoms with van der Waals surface area (Å²) in [7, 11) is 1.91. The molecule has 0 saturated carbocycles. The van der Waals surface area contributed by atoms with Crippen LogP contribution in [0.25, 0.3) is 0 Å². The molecular weight excluding hydrogens is 214 g/mol. The number of rotatable bonds is 4. The van der Waals surface area contributed by atoms with E-state index in [4.69, 9.17) is 5.73 Å². The van der Waals surface area contributed by atoms with E-state index in [0.29, 0.717) is 6.42 Å². The predicted octanol–water partition coefficient (Wildman–Crippen LogP) is 0.809. The Hall–Kier alpha value is -1.65. The van der Waals surface area contributed by atoms with E-state index in [2.05, 4.69) is 4.98 Å². The zero-order chi connectivity index (χ0) is 12.3. The fourth-order valence-electron chi connectivity index (χ4n) is 1.87. The zero-order valence-corrected chi connectivity index (χ0v) is 9.87. The molecule has 1 aromatic heterocycles. The number of imidazole rings is 1. The lowest BCUT2D eigenvalue weighted by Gasteiger charge is -2.26. The molecule has 0 spiro atoms. The van der Waals surface area contributed by atoms with Crippen LogP contribution in [0.1, 0.15) is 11.4 Å². The van der Waals surface area contributed by atoms with Crippen molar-refractivity contribution in [3.05, 3.63) is 54.1 Å². The number of nitrogens with two attached hydrogens (primary N) is 1. The van der Waals surface area contributed by atoms with E-state index in [1.165, 1.54) is 0 Å². The Bertz CT molecular complexity index is 480. The summed E-state index contributed by atoms with van der Waals surface area (Å²) in [4.78, 5) is 4.22. The highest BCUT2D eigenvalue weighted by atomic mass is 16.3. The number of aliphatic hydroxyl groups is 1. The summed E-state index contributed by atoms with van der Waals surface area (Å²) in [6.45, 7) is 0.171. The number of aryl methyl sites for hydroxylation is 1. The van der Waals surface area contributed by atoms with Gasteiger partial charge in [0.25, 0.3) is 0 Å². The van der Waals surface area contributed by atoms with E-state index in [-0.39, 0.29) is 6.54 Å². The Labute approximate surface area is 101 Å². The molecule has 0 aliphatic heterocycles. The van der Waals surface area contributed by atoms with Crippen LogP contribution in [0.2, 0.25) is 0 Å². The zero-order valence-electron chi connectivity index (χ0n) is 9.87. The molecule has 17 heavy (non-hydrogen) atoms. The first kappa shape index (κ1) is 11.8. The van der Waals surface area contributed by atoms with Gasteiger partial charge in [0.15, 0.2) is 0 Å². The molecule has 1 atom stereocenters. The fraction of sp³-hybridized carbons (Fsp3) is 0.308. The van der Waals surface area contributed by atoms with E-state index in [0.717, 1.165) is 11.4 Å². The molecule has 90 valence electrons. The van der Waals surface area contributed by atoms with Crippen LogP contribution in [-0.4, -0.2) is 21.2 Å². The van der Waals surface area contributed by atoms with Gasteiger partial charge >= 0.3 is 0 Å². The van der Waals surface area contributed by atoms with E-state index < -0.39 is 5.60 Å². The molecule has 4 nitrogen and oxygen atoms in total. The molecule has 0 aliphatic rings. The van der Waals surface area contributed by atoms with E-state index in [1.54, 1.807) is 6.20 Å². The highest BCUT2D eigenvalue weighted by Gasteiger charge is 2.29. The van der Waals surface area contributed by atoms with Gasteiger partial charge in [-0.2, -0.15) is 0 Å². The first-order valence-corrected chi connectivity index (χ1v) is 5.60. The first-order chi connectivity index (χ1) is 8.15. The maximum atomic E-state index is 10.6. The molecule has 0 bridgehead atoms. The molecular formula is C13H17N3O. The van der Waals surface area contributed by atoms with E-state index in [1.807, 2.05) is 48.1 Å². The number of nitrogens with zero attached hydrogens (tertiary/aromatic N) is 2. The minimum atomic E-state index is -1.06. The lowest BCUT2D eigenvalue weighted by atomic mass is 9.90. The van der Waals surface area contributed by atoms with Crippen molar-refractivity contribution in [2.45, 2.75) is 12.0 Å². The Morgan fingerprint density at radius 2 is 2.06 bits per heavy atom. The summed E-state index contributed by atoms with van der Waals surface area (Å²) in [5, 5.41) is 10.6. The molecule has 4 heteroatoms. The SMILES string of the molecule is Cn1ccnc1CC(O)(CN)c1ccccc1. The molecule has 0 radical (unpaired) electrons. The van der Waals surface area contributed by atoms with Crippen LogP contribution in [-0.2, 0) is 19.1 Å². The van der Waals surface area contributed by atoms with Crippen LogP contribution in [0, 0.1) is 0 Å². The smallest absolute Gasteiger partial charge is 0.111 e. The van der Waals surface area contributed by atoms with Gasteiger partial charge in [0.05, 0.1) is 0 Å². The molecule has 1 heterocycles. The Balaban J connectivity index is 2.30. The Kier molecular flexibility index (Phi) is 3.26. The van der Waals surface area contributed by atoms with Crippen LogP contribution in [0.5, 0.6) is 0 Å². The molecule has 0 aliphatic carbocycles. The average molecular weight is 231 g/mol. The summed E-state index contributed by atoms with van der Waals surface area (Å²) in [6, 6.07) is 9.48. The van der Waals surface area contributed by atoms with E-state index in [9.17, 15) is 5.11 Å². The number of hydrogen-bond acceptors (Lipinski definition) is 3. The van der Waals surface area contributed by atoms with Gasteiger partial charge in [0.1, 0.15) is 11.4 Å². The quantitative estimate of drug-likeness (QED) is 0.818. The molecule has 0 saturated heterocycles. The number of hydrogen-bond donors (Lipinski definition) is 2. The van der Waals surface area contributed by atoms with Crippen molar-refractivity contribution in [1.29, 1.82) is 0 Å². The van der Waals surface area contributed by atoms with Gasteiger partial charge in [-0.3, -0.25) is 0 Å². The van der Waals surface area contributed by atoms with Gasteiger partial charge < -0.3 is 15.4 Å². The molecule has 3 N–H and O–H groups in total. The van der Waals surface area contributed by atoms with Gasteiger partial charge in [0, 0.05) is 32.4 Å². The summed E-state index contributed by atoms with van der Waals surface area (Å²) in [5.41, 5.74) is 5.49. The second kappa shape index (κ2) is 4.69.